The standard InChI is InChI=1S/C15H17N3O3/c1-3-11-5-6-12(8-14(11)18(20)21)16-9-13-15(19)7-4-10(2)17-13/h4-8,16,19H,3,9H2,1-2H3. The first-order valence-electron chi connectivity index (χ1n) is 6.68. The zero-order valence-electron chi connectivity index (χ0n) is 12.0. The lowest BCUT2D eigenvalue weighted by Gasteiger charge is -2.09. The van der Waals surface area contributed by atoms with Crippen LogP contribution in [-0.4, -0.2) is 15.0 Å². The average molecular weight is 287 g/mol. The molecule has 0 saturated heterocycles. The second-order valence-corrected chi connectivity index (χ2v) is 4.73. The van der Waals surface area contributed by atoms with Gasteiger partial charge in [0.25, 0.3) is 5.69 Å². The molecular weight excluding hydrogens is 270 g/mol. The van der Waals surface area contributed by atoms with E-state index in [4.69, 9.17) is 0 Å². The lowest BCUT2D eigenvalue weighted by Crippen LogP contribution is -2.04. The number of benzene rings is 1. The van der Waals surface area contributed by atoms with E-state index in [1.807, 2.05) is 13.8 Å². The second-order valence-electron chi connectivity index (χ2n) is 4.73. The average Bonchev–Trinajstić information content (AvgIpc) is 2.47. The highest BCUT2D eigenvalue weighted by Crippen LogP contribution is 2.24. The minimum atomic E-state index is -0.383. The fourth-order valence-electron chi connectivity index (χ4n) is 2.06. The van der Waals surface area contributed by atoms with Crippen LogP contribution in [0, 0.1) is 17.0 Å². The number of aromatic hydroxyl groups is 1. The number of aryl methyl sites for hydroxylation is 2. The highest BCUT2D eigenvalue weighted by Gasteiger charge is 2.13. The molecule has 0 spiro atoms. The van der Waals surface area contributed by atoms with E-state index in [0.717, 1.165) is 5.69 Å². The molecule has 0 unspecified atom stereocenters. The fraction of sp³-hybridized carbons (Fsp3) is 0.267. The summed E-state index contributed by atoms with van der Waals surface area (Å²) in [5, 5.41) is 23.8. The Morgan fingerprint density at radius 1 is 1.33 bits per heavy atom. The number of anilines is 1. The van der Waals surface area contributed by atoms with Gasteiger partial charge in [0.2, 0.25) is 0 Å². The summed E-state index contributed by atoms with van der Waals surface area (Å²) >= 11 is 0. The largest absolute Gasteiger partial charge is 0.506 e. The van der Waals surface area contributed by atoms with Crippen molar-refractivity contribution in [1.82, 2.24) is 4.98 Å². The van der Waals surface area contributed by atoms with Gasteiger partial charge in [0.1, 0.15) is 11.4 Å². The van der Waals surface area contributed by atoms with E-state index in [9.17, 15) is 15.2 Å². The summed E-state index contributed by atoms with van der Waals surface area (Å²) in [7, 11) is 0. The van der Waals surface area contributed by atoms with Gasteiger partial charge in [-0.1, -0.05) is 13.0 Å². The van der Waals surface area contributed by atoms with Crippen molar-refractivity contribution in [1.29, 1.82) is 0 Å². The Labute approximate surface area is 122 Å². The van der Waals surface area contributed by atoms with Crippen molar-refractivity contribution in [2.75, 3.05) is 5.32 Å². The smallest absolute Gasteiger partial charge is 0.274 e. The molecule has 2 aromatic rings. The summed E-state index contributed by atoms with van der Waals surface area (Å²) in [4.78, 5) is 14.9. The molecule has 6 nitrogen and oxygen atoms in total. The molecule has 110 valence electrons. The first-order valence-corrected chi connectivity index (χ1v) is 6.68. The Hall–Kier alpha value is -2.63. The summed E-state index contributed by atoms with van der Waals surface area (Å²) in [6.45, 7) is 4.02. The summed E-state index contributed by atoms with van der Waals surface area (Å²) in [6.07, 6.45) is 0.608. The Bertz CT molecular complexity index is 671. The summed E-state index contributed by atoms with van der Waals surface area (Å²) < 4.78 is 0. The van der Waals surface area contributed by atoms with Crippen molar-refractivity contribution in [3.8, 4) is 5.75 Å². The Morgan fingerprint density at radius 2 is 2.10 bits per heavy atom. The summed E-state index contributed by atoms with van der Waals surface area (Å²) in [5.74, 6) is 0.104. The molecule has 2 rings (SSSR count). The molecule has 0 saturated carbocycles. The van der Waals surface area contributed by atoms with Gasteiger partial charge in [-0.2, -0.15) is 0 Å². The van der Waals surface area contributed by atoms with Crippen LogP contribution >= 0.6 is 0 Å². The molecule has 0 aliphatic rings. The fourth-order valence-corrected chi connectivity index (χ4v) is 2.06. The van der Waals surface area contributed by atoms with Crippen molar-refractivity contribution in [2.24, 2.45) is 0 Å². The van der Waals surface area contributed by atoms with E-state index < -0.39 is 0 Å². The number of nitro benzene ring substituents is 1. The van der Waals surface area contributed by atoms with Crippen molar-refractivity contribution in [3.05, 3.63) is 57.4 Å². The number of hydrogen-bond acceptors (Lipinski definition) is 5. The third kappa shape index (κ3) is 3.47. The maximum absolute atomic E-state index is 11.0. The van der Waals surface area contributed by atoms with E-state index in [-0.39, 0.29) is 16.4 Å². The molecule has 21 heavy (non-hydrogen) atoms. The highest BCUT2D eigenvalue weighted by molar-refractivity contribution is 5.55. The van der Waals surface area contributed by atoms with E-state index in [2.05, 4.69) is 10.3 Å². The SMILES string of the molecule is CCc1ccc(NCc2nc(C)ccc2O)cc1[N+](=O)[O-]. The van der Waals surface area contributed by atoms with Gasteiger partial charge in [-0.15, -0.1) is 0 Å². The molecule has 1 aromatic heterocycles. The van der Waals surface area contributed by atoms with Gasteiger partial charge in [-0.3, -0.25) is 15.1 Å². The Kier molecular flexibility index (Phi) is 4.37. The predicted molar refractivity (Wildman–Crippen MR) is 80.4 cm³/mol. The van der Waals surface area contributed by atoms with Gasteiger partial charge in [-0.25, -0.2) is 0 Å². The zero-order chi connectivity index (χ0) is 15.4. The molecule has 1 aromatic carbocycles. The maximum Gasteiger partial charge on any atom is 0.274 e. The van der Waals surface area contributed by atoms with Crippen LogP contribution < -0.4 is 5.32 Å². The van der Waals surface area contributed by atoms with E-state index >= 15 is 0 Å². The van der Waals surface area contributed by atoms with Crippen LogP contribution in [0.5, 0.6) is 5.75 Å². The van der Waals surface area contributed by atoms with Gasteiger partial charge in [-0.05, 0) is 31.5 Å². The monoisotopic (exact) mass is 287 g/mol. The number of nitrogens with zero attached hydrogens (tertiary/aromatic N) is 2. The molecule has 6 heteroatoms. The molecule has 0 fully saturated rings. The van der Waals surface area contributed by atoms with Crippen LogP contribution in [0.15, 0.2) is 30.3 Å². The van der Waals surface area contributed by atoms with Crippen LogP contribution in [-0.2, 0) is 13.0 Å². The molecular formula is C15H17N3O3. The number of pyridine rings is 1. The minimum absolute atomic E-state index is 0.101. The maximum atomic E-state index is 11.0. The third-order valence-corrected chi connectivity index (χ3v) is 3.21. The molecule has 0 bridgehead atoms. The van der Waals surface area contributed by atoms with Crippen molar-refractivity contribution >= 4 is 11.4 Å². The zero-order valence-corrected chi connectivity index (χ0v) is 12.0. The van der Waals surface area contributed by atoms with Gasteiger partial charge in [0.15, 0.2) is 0 Å². The van der Waals surface area contributed by atoms with Crippen LogP contribution in [0.3, 0.4) is 0 Å². The van der Waals surface area contributed by atoms with Crippen molar-refractivity contribution < 1.29 is 10.0 Å². The van der Waals surface area contributed by atoms with Gasteiger partial charge in [0.05, 0.1) is 11.5 Å². The van der Waals surface area contributed by atoms with Crippen molar-refractivity contribution in [2.45, 2.75) is 26.8 Å². The number of nitro groups is 1. The lowest BCUT2D eigenvalue weighted by atomic mass is 10.1. The van der Waals surface area contributed by atoms with Crippen LogP contribution in [0.25, 0.3) is 0 Å². The van der Waals surface area contributed by atoms with E-state index in [1.165, 1.54) is 6.07 Å². The molecule has 0 radical (unpaired) electrons. The van der Waals surface area contributed by atoms with E-state index in [1.54, 1.807) is 24.3 Å². The normalized spacial score (nSPS) is 10.4. The van der Waals surface area contributed by atoms with E-state index in [0.29, 0.717) is 29.9 Å². The Balaban J connectivity index is 2.18. The highest BCUT2D eigenvalue weighted by atomic mass is 16.6. The first kappa shape index (κ1) is 14.8. The molecule has 0 aliphatic heterocycles. The summed E-state index contributed by atoms with van der Waals surface area (Å²) in [5.41, 5.74) is 2.74. The van der Waals surface area contributed by atoms with Crippen LogP contribution in [0.1, 0.15) is 23.9 Å². The second kappa shape index (κ2) is 6.21. The number of nitrogens with one attached hydrogen (secondary N) is 1. The number of hydrogen-bond donors (Lipinski definition) is 2. The Morgan fingerprint density at radius 3 is 2.76 bits per heavy atom. The number of rotatable bonds is 5. The van der Waals surface area contributed by atoms with Gasteiger partial charge >= 0.3 is 0 Å². The third-order valence-electron chi connectivity index (χ3n) is 3.21. The lowest BCUT2D eigenvalue weighted by molar-refractivity contribution is -0.385. The van der Waals surface area contributed by atoms with Crippen molar-refractivity contribution in [3.63, 3.8) is 0 Å². The molecule has 0 aliphatic carbocycles. The number of aromatic nitrogens is 1. The predicted octanol–water partition coefficient (Wildman–Crippen LogP) is 3.18. The summed E-state index contributed by atoms with van der Waals surface area (Å²) in [6, 6.07) is 8.34. The van der Waals surface area contributed by atoms with Gasteiger partial charge in [0, 0.05) is 23.0 Å². The molecule has 0 amide bonds. The van der Waals surface area contributed by atoms with Crippen LogP contribution in [0.4, 0.5) is 11.4 Å². The molecule has 0 atom stereocenters. The minimum Gasteiger partial charge on any atom is -0.506 e. The molecule has 2 N–H and O–H groups in total. The van der Waals surface area contributed by atoms with Gasteiger partial charge < -0.3 is 10.4 Å². The quantitative estimate of drug-likeness (QED) is 0.651. The first-order chi connectivity index (χ1) is 10.0. The topological polar surface area (TPSA) is 88.3 Å². The van der Waals surface area contributed by atoms with Crippen LogP contribution in [0.2, 0.25) is 0 Å². The molecule has 1 heterocycles.